The van der Waals surface area contributed by atoms with Crippen molar-refractivity contribution in [3.63, 3.8) is 0 Å². The minimum absolute atomic E-state index is 0.128. The van der Waals surface area contributed by atoms with E-state index in [4.69, 9.17) is 4.42 Å². The fourth-order valence-corrected chi connectivity index (χ4v) is 5.71. The largest absolute Gasteiger partial charge is 0.419 e. The van der Waals surface area contributed by atoms with Crippen molar-refractivity contribution in [3.8, 4) is 21.2 Å². The summed E-state index contributed by atoms with van der Waals surface area (Å²) in [6.45, 7) is 0. The van der Waals surface area contributed by atoms with Crippen LogP contribution in [0.4, 0.5) is 0 Å². The molecule has 0 radical (unpaired) electrons. The number of nitrogens with zero attached hydrogens (tertiary/aromatic N) is 3. The van der Waals surface area contributed by atoms with E-state index in [1.165, 1.54) is 23.1 Å². The number of aromatic nitrogens is 4. The lowest BCUT2D eigenvalue weighted by Gasteiger charge is -1.99. The molecule has 0 atom stereocenters. The van der Waals surface area contributed by atoms with Crippen LogP contribution in [-0.2, 0) is 5.75 Å². The van der Waals surface area contributed by atoms with E-state index in [2.05, 4.69) is 20.2 Å². The Morgan fingerprint density at radius 3 is 2.67 bits per heavy atom. The molecule has 1 N–H and O–H groups in total. The predicted molar refractivity (Wildman–Crippen MR) is 111 cm³/mol. The van der Waals surface area contributed by atoms with Crippen molar-refractivity contribution in [3.05, 3.63) is 56.7 Å². The van der Waals surface area contributed by atoms with Crippen molar-refractivity contribution in [2.24, 2.45) is 0 Å². The molecule has 0 saturated heterocycles. The van der Waals surface area contributed by atoms with Gasteiger partial charge in [0.25, 0.3) is 11.4 Å². The summed E-state index contributed by atoms with van der Waals surface area (Å²) in [7, 11) is 0. The fourth-order valence-electron chi connectivity index (χ4n) is 2.55. The van der Waals surface area contributed by atoms with E-state index in [9.17, 15) is 4.79 Å². The maximum absolute atomic E-state index is 12.6. The van der Waals surface area contributed by atoms with Crippen LogP contribution >= 0.6 is 45.8 Å². The number of nitrogens with one attached hydrogen (secondary N) is 1. The Kier molecular flexibility index (Phi) is 4.40. The second kappa shape index (κ2) is 7.04. The minimum Gasteiger partial charge on any atom is -0.419 e. The predicted octanol–water partition coefficient (Wildman–Crippen LogP) is 5.12. The van der Waals surface area contributed by atoms with E-state index in [1.54, 1.807) is 22.7 Å². The second-order valence-electron chi connectivity index (χ2n) is 5.44. The lowest BCUT2D eigenvalue weighted by molar-refractivity contribution is 0.529. The number of H-pyrrole nitrogens is 1. The summed E-state index contributed by atoms with van der Waals surface area (Å²) in [5, 5.41) is 15.3. The van der Waals surface area contributed by atoms with Crippen LogP contribution in [0.25, 0.3) is 31.4 Å². The van der Waals surface area contributed by atoms with E-state index in [0.29, 0.717) is 28.1 Å². The summed E-state index contributed by atoms with van der Waals surface area (Å²) in [6, 6.07) is 7.86. The molecule has 0 aliphatic heterocycles. The number of hydrogen-bond donors (Lipinski definition) is 1. The third kappa shape index (κ3) is 3.25. The SMILES string of the molecule is O=c1[nH]c(SCc2nnc(-c3cccs3)o2)nc2scc(-c3cccs3)c12. The Morgan fingerprint density at radius 2 is 1.89 bits per heavy atom. The van der Waals surface area contributed by atoms with Gasteiger partial charge >= 0.3 is 0 Å². The number of thioether (sulfide) groups is 1. The Balaban J connectivity index is 1.39. The quantitative estimate of drug-likeness (QED) is 0.308. The average Bonchev–Trinajstić information content (AvgIpc) is 3.47. The molecular weight excluding hydrogens is 420 g/mol. The van der Waals surface area contributed by atoms with Crippen LogP contribution in [-0.4, -0.2) is 20.2 Å². The molecule has 0 fully saturated rings. The molecule has 5 heterocycles. The van der Waals surface area contributed by atoms with E-state index >= 15 is 0 Å². The summed E-state index contributed by atoms with van der Waals surface area (Å²) >= 11 is 6.01. The van der Waals surface area contributed by atoms with E-state index < -0.39 is 0 Å². The molecule has 0 bridgehead atoms. The molecule has 5 aromatic heterocycles. The van der Waals surface area contributed by atoms with Crippen molar-refractivity contribution < 1.29 is 4.42 Å². The van der Waals surface area contributed by atoms with Crippen molar-refractivity contribution in [2.75, 3.05) is 0 Å². The van der Waals surface area contributed by atoms with E-state index in [1.807, 2.05) is 40.4 Å². The molecular formula is C17H10N4O2S4. The number of fused-ring (bicyclic) bond motifs is 1. The molecule has 5 rings (SSSR count). The van der Waals surface area contributed by atoms with Gasteiger partial charge in [-0.2, -0.15) is 0 Å². The molecule has 0 aliphatic carbocycles. The molecule has 0 saturated carbocycles. The lowest BCUT2D eigenvalue weighted by atomic mass is 10.2. The average molecular weight is 431 g/mol. The number of rotatable bonds is 5. The maximum Gasteiger partial charge on any atom is 0.260 e. The zero-order chi connectivity index (χ0) is 18.2. The van der Waals surface area contributed by atoms with Gasteiger partial charge in [-0.25, -0.2) is 4.98 Å². The maximum atomic E-state index is 12.6. The number of hydrogen-bond acceptors (Lipinski definition) is 9. The summed E-state index contributed by atoms with van der Waals surface area (Å²) < 4.78 is 5.67. The first-order valence-corrected chi connectivity index (χ1v) is 11.4. The molecule has 0 aromatic carbocycles. The number of aromatic amines is 1. The van der Waals surface area contributed by atoms with Gasteiger partial charge in [-0.15, -0.1) is 44.2 Å². The van der Waals surface area contributed by atoms with Gasteiger partial charge in [-0.1, -0.05) is 23.9 Å². The van der Waals surface area contributed by atoms with Gasteiger partial charge in [0.05, 0.1) is 16.0 Å². The highest BCUT2D eigenvalue weighted by Gasteiger charge is 2.15. The van der Waals surface area contributed by atoms with Crippen molar-refractivity contribution in [1.82, 2.24) is 20.2 Å². The standard InChI is InChI=1S/C17H10N4O2S4/c22-14-13-9(10-3-1-5-24-10)7-26-16(13)19-17(18-14)27-8-12-20-21-15(23-12)11-4-2-6-25-11/h1-7H,8H2,(H,18,19,22). The monoisotopic (exact) mass is 430 g/mol. The first kappa shape index (κ1) is 16.9. The number of thiophene rings is 3. The van der Waals surface area contributed by atoms with Crippen LogP contribution in [0.15, 0.2) is 54.8 Å². The van der Waals surface area contributed by atoms with Crippen LogP contribution in [0.2, 0.25) is 0 Å². The summed E-state index contributed by atoms with van der Waals surface area (Å²) in [6.07, 6.45) is 0. The Morgan fingerprint density at radius 1 is 1.07 bits per heavy atom. The fraction of sp³-hybridized carbons (Fsp3) is 0.0588. The summed E-state index contributed by atoms with van der Waals surface area (Å²) in [4.78, 5) is 22.8. The van der Waals surface area contributed by atoms with Gasteiger partial charge < -0.3 is 9.40 Å². The molecule has 27 heavy (non-hydrogen) atoms. The second-order valence-corrected chi connectivity index (χ2v) is 9.16. The summed E-state index contributed by atoms with van der Waals surface area (Å²) in [5.41, 5.74) is 0.810. The normalized spacial score (nSPS) is 11.4. The Labute approximate surface area is 168 Å². The highest BCUT2D eigenvalue weighted by atomic mass is 32.2. The van der Waals surface area contributed by atoms with Crippen LogP contribution in [0.1, 0.15) is 5.89 Å². The van der Waals surface area contributed by atoms with Gasteiger partial charge in [0, 0.05) is 15.8 Å². The lowest BCUT2D eigenvalue weighted by Crippen LogP contribution is -2.08. The van der Waals surface area contributed by atoms with Crippen LogP contribution in [0.3, 0.4) is 0 Å². The zero-order valence-electron chi connectivity index (χ0n) is 13.5. The van der Waals surface area contributed by atoms with Crippen molar-refractivity contribution in [2.45, 2.75) is 10.9 Å². The molecule has 0 aliphatic rings. The molecule has 6 nitrogen and oxygen atoms in total. The topological polar surface area (TPSA) is 84.7 Å². The molecule has 5 aromatic rings. The smallest absolute Gasteiger partial charge is 0.260 e. The molecule has 0 spiro atoms. The van der Waals surface area contributed by atoms with Crippen molar-refractivity contribution >= 4 is 56.0 Å². The van der Waals surface area contributed by atoms with Crippen LogP contribution in [0, 0.1) is 0 Å². The zero-order valence-corrected chi connectivity index (χ0v) is 16.8. The van der Waals surface area contributed by atoms with E-state index in [-0.39, 0.29) is 5.56 Å². The Bertz CT molecular complexity index is 1250. The summed E-state index contributed by atoms with van der Waals surface area (Å²) in [5.74, 6) is 1.45. The van der Waals surface area contributed by atoms with Crippen LogP contribution < -0.4 is 5.56 Å². The molecule has 134 valence electrons. The third-order valence-electron chi connectivity index (χ3n) is 3.74. The first-order chi connectivity index (χ1) is 13.3. The Hall–Kier alpha value is -2.27. The van der Waals surface area contributed by atoms with Crippen molar-refractivity contribution in [1.29, 1.82) is 0 Å². The molecule has 10 heteroatoms. The van der Waals surface area contributed by atoms with Crippen LogP contribution in [0.5, 0.6) is 0 Å². The van der Waals surface area contributed by atoms with E-state index in [0.717, 1.165) is 20.1 Å². The molecule has 0 unspecified atom stereocenters. The van der Waals surface area contributed by atoms with Gasteiger partial charge in [-0.3, -0.25) is 4.79 Å². The highest BCUT2D eigenvalue weighted by Crippen LogP contribution is 2.34. The van der Waals surface area contributed by atoms with Gasteiger partial charge in [0.15, 0.2) is 5.16 Å². The highest BCUT2D eigenvalue weighted by molar-refractivity contribution is 7.98. The molecule has 0 amide bonds. The third-order valence-corrected chi connectivity index (χ3v) is 7.23. The van der Waals surface area contributed by atoms with Gasteiger partial charge in [0.1, 0.15) is 4.83 Å². The van der Waals surface area contributed by atoms with Gasteiger partial charge in [-0.05, 0) is 22.9 Å². The van der Waals surface area contributed by atoms with Gasteiger partial charge in [0.2, 0.25) is 5.89 Å². The first-order valence-electron chi connectivity index (χ1n) is 7.82. The minimum atomic E-state index is -0.128.